The first kappa shape index (κ1) is 21.0. The number of rotatable bonds is 5. The average Bonchev–Trinajstić information content (AvgIpc) is 3.34. The number of halogens is 1. The third-order valence-electron chi connectivity index (χ3n) is 5.30. The standard InChI is InChI=1S/C26H20IN3OS/c27-20-8-6-7-18(15-20)16-24-25(31)30(26(32-24)29-21-9-2-1-3-10-21)14-13-19-17-28-23-12-5-4-11-22(19)23/h1-12,15-17,28H,13-14H2/b24-16-,29-26?. The van der Waals surface area contributed by atoms with Crippen LogP contribution in [0.2, 0.25) is 0 Å². The molecule has 0 bridgehead atoms. The Hall–Kier alpha value is -2.84. The Balaban J connectivity index is 1.45. The zero-order chi connectivity index (χ0) is 21.9. The number of aliphatic imine (C=N–C) groups is 1. The van der Waals surface area contributed by atoms with Crippen LogP contribution in [0.5, 0.6) is 0 Å². The van der Waals surface area contributed by atoms with E-state index in [4.69, 9.17) is 4.99 Å². The zero-order valence-electron chi connectivity index (χ0n) is 17.2. The number of aromatic nitrogens is 1. The predicted octanol–water partition coefficient (Wildman–Crippen LogP) is 6.62. The Kier molecular flexibility index (Phi) is 6.14. The molecule has 4 nitrogen and oxygen atoms in total. The minimum absolute atomic E-state index is 0.00313. The van der Waals surface area contributed by atoms with Crippen LogP contribution in [-0.4, -0.2) is 27.5 Å². The number of carbonyl (C=O) groups is 1. The van der Waals surface area contributed by atoms with Crippen LogP contribution >= 0.6 is 34.4 Å². The van der Waals surface area contributed by atoms with Gasteiger partial charge in [0, 0.05) is 27.2 Å². The number of nitrogens with zero attached hydrogens (tertiary/aromatic N) is 2. The molecule has 3 aromatic carbocycles. The highest BCUT2D eigenvalue weighted by molar-refractivity contribution is 14.1. The lowest BCUT2D eigenvalue weighted by atomic mass is 10.1. The van der Waals surface area contributed by atoms with Crippen LogP contribution < -0.4 is 0 Å². The molecule has 5 rings (SSSR count). The number of H-pyrrole nitrogens is 1. The number of amidine groups is 1. The summed E-state index contributed by atoms with van der Waals surface area (Å²) >= 11 is 3.73. The molecule has 4 aromatic rings. The molecule has 0 radical (unpaired) electrons. The Morgan fingerprint density at radius 1 is 1.00 bits per heavy atom. The molecule has 32 heavy (non-hydrogen) atoms. The number of thioether (sulfide) groups is 1. The molecule has 158 valence electrons. The normalized spacial score (nSPS) is 16.5. The van der Waals surface area contributed by atoms with Crippen LogP contribution in [0.1, 0.15) is 11.1 Å². The summed E-state index contributed by atoms with van der Waals surface area (Å²) in [5.74, 6) is 0.00313. The van der Waals surface area contributed by atoms with Crippen LogP contribution in [0.25, 0.3) is 17.0 Å². The second-order valence-electron chi connectivity index (χ2n) is 7.46. The lowest BCUT2D eigenvalue weighted by Gasteiger charge is -2.15. The number of hydrogen-bond donors (Lipinski definition) is 1. The summed E-state index contributed by atoms with van der Waals surface area (Å²) in [4.78, 5) is 24.0. The van der Waals surface area contributed by atoms with E-state index in [9.17, 15) is 4.79 Å². The van der Waals surface area contributed by atoms with Gasteiger partial charge < -0.3 is 4.98 Å². The van der Waals surface area contributed by atoms with Crippen molar-refractivity contribution in [1.82, 2.24) is 9.88 Å². The van der Waals surface area contributed by atoms with Crippen LogP contribution in [0.4, 0.5) is 5.69 Å². The molecule has 0 saturated carbocycles. The first-order valence-electron chi connectivity index (χ1n) is 10.3. The summed E-state index contributed by atoms with van der Waals surface area (Å²) < 4.78 is 1.14. The van der Waals surface area contributed by atoms with Crippen molar-refractivity contribution in [3.63, 3.8) is 0 Å². The second kappa shape index (κ2) is 9.34. The molecule has 0 unspecified atom stereocenters. The van der Waals surface area contributed by atoms with Crippen LogP contribution in [0.15, 0.2) is 95.0 Å². The van der Waals surface area contributed by atoms with Gasteiger partial charge in [-0.1, -0.05) is 48.5 Å². The number of benzene rings is 3. The molecule has 0 spiro atoms. The van der Waals surface area contributed by atoms with E-state index in [-0.39, 0.29) is 5.91 Å². The minimum atomic E-state index is 0.00313. The Labute approximate surface area is 204 Å². The quantitative estimate of drug-likeness (QED) is 0.225. The lowest BCUT2D eigenvalue weighted by Crippen LogP contribution is -2.31. The molecule has 1 aromatic heterocycles. The molecule has 6 heteroatoms. The van der Waals surface area contributed by atoms with Gasteiger partial charge in [0.1, 0.15) is 0 Å². The van der Waals surface area contributed by atoms with Gasteiger partial charge in [0.05, 0.1) is 10.6 Å². The Bertz CT molecular complexity index is 1340. The van der Waals surface area contributed by atoms with Gasteiger partial charge in [0.2, 0.25) is 0 Å². The smallest absolute Gasteiger partial charge is 0.266 e. The van der Waals surface area contributed by atoms with Crippen LogP contribution in [-0.2, 0) is 11.2 Å². The summed E-state index contributed by atoms with van der Waals surface area (Å²) in [6.45, 7) is 0.572. The molecule has 1 saturated heterocycles. The molecule has 1 N–H and O–H groups in total. The Morgan fingerprint density at radius 3 is 2.66 bits per heavy atom. The van der Waals surface area contributed by atoms with Crippen LogP contribution in [0, 0.1) is 3.57 Å². The fraction of sp³-hybridized carbons (Fsp3) is 0.0769. The maximum absolute atomic E-state index is 13.4. The summed E-state index contributed by atoms with van der Waals surface area (Å²) in [7, 11) is 0. The molecule has 0 atom stereocenters. The number of nitrogens with one attached hydrogen (secondary N) is 1. The van der Waals surface area contributed by atoms with Gasteiger partial charge in [-0.05, 0) is 88.3 Å². The van der Waals surface area contributed by atoms with Gasteiger partial charge in [-0.3, -0.25) is 9.69 Å². The zero-order valence-corrected chi connectivity index (χ0v) is 20.1. The van der Waals surface area contributed by atoms with Crippen molar-refractivity contribution in [2.24, 2.45) is 4.99 Å². The number of fused-ring (bicyclic) bond motifs is 1. The van der Waals surface area contributed by atoms with Gasteiger partial charge in [-0.15, -0.1) is 0 Å². The van der Waals surface area contributed by atoms with Gasteiger partial charge in [-0.25, -0.2) is 4.99 Å². The molecule has 2 heterocycles. The summed E-state index contributed by atoms with van der Waals surface area (Å²) in [5.41, 5.74) is 4.18. The van der Waals surface area contributed by atoms with Crippen molar-refractivity contribution in [3.05, 3.63) is 105 Å². The molecule has 1 aliphatic rings. The number of carbonyl (C=O) groups excluding carboxylic acids is 1. The first-order chi connectivity index (χ1) is 15.7. The predicted molar refractivity (Wildman–Crippen MR) is 142 cm³/mol. The molecule has 0 aliphatic carbocycles. The monoisotopic (exact) mass is 549 g/mol. The number of aromatic amines is 1. The van der Waals surface area contributed by atoms with Crippen molar-refractivity contribution < 1.29 is 4.79 Å². The molecule has 1 fully saturated rings. The van der Waals surface area contributed by atoms with E-state index in [1.165, 1.54) is 22.7 Å². The van der Waals surface area contributed by atoms with Crippen LogP contribution in [0.3, 0.4) is 0 Å². The van der Waals surface area contributed by atoms with E-state index < -0.39 is 0 Å². The van der Waals surface area contributed by atoms with Crippen molar-refractivity contribution in [3.8, 4) is 0 Å². The summed E-state index contributed by atoms with van der Waals surface area (Å²) in [6.07, 6.45) is 4.75. The number of para-hydroxylation sites is 2. The first-order valence-corrected chi connectivity index (χ1v) is 12.2. The van der Waals surface area contributed by atoms with E-state index in [2.05, 4.69) is 45.8 Å². The van der Waals surface area contributed by atoms with Crippen molar-refractivity contribution in [2.75, 3.05) is 6.54 Å². The van der Waals surface area contributed by atoms with Gasteiger partial charge in [-0.2, -0.15) is 0 Å². The maximum Gasteiger partial charge on any atom is 0.266 e. The van der Waals surface area contributed by atoms with E-state index in [1.54, 1.807) is 4.90 Å². The highest BCUT2D eigenvalue weighted by Crippen LogP contribution is 2.34. The van der Waals surface area contributed by atoms with E-state index in [1.807, 2.05) is 72.9 Å². The maximum atomic E-state index is 13.4. The Morgan fingerprint density at radius 2 is 1.81 bits per heavy atom. The average molecular weight is 549 g/mol. The molecule has 1 aliphatic heterocycles. The van der Waals surface area contributed by atoms with Gasteiger partial charge in [0.25, 0.3) is 5.91 Å². The van der Waals surface area contributed by atoms with Gasteiger partial charge in [0.15, 0.2) is 5.17 Å². The third-order valence-corrected chi connectivity index (χ3v) is 6.97. The van der Waals surface area contributed by atoms with Crippen molar-refractivity contribution in [1.29, 1.82) is 0 Å². The highest BCUT2D eigenvalue weighted by Gasteiger charge is 2.33. The largest absolute Gasteiger partial charge is 0.361 e. The second-order valence-corrected chi connectivity index (χ2v) is 9.72. The molecular formula is C26H20IN3OS. The topological polar surface area (TPSA) is 48.5 Å². The van der Waals surface area contributed by atoms with E-state index >= 15 is 0 Å². The lowest BCUT2D eigenvalue weighted by molar-refractivity contribution is -0.122. The summed E-state index contributed by atoms with van der Waals surface area (Å²) in [5, 5.41) is 1.92. The fourth-order valence-electron chi connectivity index (χ4n) is 3.72. The van der Waals surface area contributed by atoms with Crippen molar-refractivity contribution >= 4 is 68.1 Å². The summed E-state index contributed by atoms with van der Waals surface area (Å²) in [6, 6.07) is 26.2. The molecule has 1 amide bonds. The van der Waals surface area contributed by atoms with E-state index in [0.717, 1.165) is 31.9 Å². The number of hydrogen-bond acceptors (Lipinski definition) is 3. The fourth-order valence-corrected chi connectivity index (χ4v) is 5.31. The number of amides is 1. The SMILES string of the molecule is O=C1/C(=C/c2cccc(I)c2)SC(=Nc2ccccc2)N1CCc1c[nH]c2ccccc12. The van der Waals surface area contributed by atoms with Gasteiger partial charge >= 0.3 is 0 Å². The minimum Gasteiger partial charge on any atom is -0.361 e. The highest BCUT2D eigenvalue weighted by atomic mass is 127. The van der Waals surface area contributed by atoms with E-state index in [0.29, 0.717) is 11.4 Å². The molecular weight excluding hydrogens is 529 g/mol. The third kappa shape index (κ3) is 4.52. The van der Waals surface area contributed by atoms with Crippen molar-refractivity contribution in [2.45, 2.75) is 6.42 Å².